The maximum atomic E-state index is 10.8. The summed E-state index contributed by atoms with van der Waals surface area (Å²) in [4.78, 5) is 0. The van der Waals surface area contributed by atoms with Crippen molar-refractivity contribution in [1.82, 2.24) is 9.13 Å². The number of fused-ring (bicyclic) bond motifs is 6. The SMILES string of the molecule is N#Cc1cc(-c2ccccc2-n2c3ccccc3c3cc(C#N)ccc32)cc(-c2cccc(-n3c4ccccc4c4ccccc43)c2C#N)c1. The lowest BCUT2D eigenvalue weighted by atomic mass is 9.92. The van der Waals surface area contributed by atoms with Crippen molar-refractivity contribution in [1.29, 1.82) is 15.8 Å². The Bertz CT molecular complexity index is 2920. The van der Waals surface area contributed by atoms with E-state index in [1.807, 2.05) is 97.1 Å². The van der Waals surface area contributed by atoms with Gasteiger partial charge in [-0.1, -0.05) is 84.9 Å². The average molecular weight is 636 g/mol. The molecule has 2 heterocycles. The van der Waals surface area contributed by atoms with E-state index in [4.69, 9.17) is 0 Å². The Morgan fingerprint density at radius 1 is 0.360 bits per heavy atom. The zero-order chi connectivity index (χ0) is 33.8. The summed E-state index contributed by atoms with van der Waals surface area (Å²) in [6.07, 6.45) is 0. The van der Waals surface area contributed by atoms with Crippen molar-refractivity contribution < 1.29 is 0 Å². The first-order chi connectivity index (χ1) is 24.7. The van der Waals surface area contributed by atoms with Gasteiger partial charge in [-0.05, 0) is 77.9 Å². The van der Waals surface area contributed by atoms with Crippen LogP contribution in [-0.2, 0) is 0 Å². The topological polar surface area (TPSA) is 81.2 Å². The molecule has 9 rings (SSSR count). The summed E-state index contributed by atoms with van der Waals surface area (Å²) in [5.41, 5.74) is 10.8. The molecule has 0 unspecified atom stereocenters. The van der Waals surface area contributed by atoms with E-state index in [1.165, 1.54) is 0 Å². The summed E-state index contributed by atoms with van der Waals surface area (Å²) in [5, 5.41) is 35.0. The number of nitrogens with zero attached hydrogens (tertiary/aromatic N) is 5. The molecule has 0 aliphatic rings. The van der Waals surface area contributed by atoms with Gasteiger partial charge >= 0.3 is 0 Å². The Morgan fingerprint density at radius 2 is 0.860 bits per heavy atom. The lowest BCUT2D eigenvalue weighted by Crippen LogP contribution is -2.00. The molecule has 0 saturated heterocycles. The number of nitriles is 3. The summed E-state index contributed by atoms with van der Waals surface area (Å²) in [5.74, 6) is 0. The number of rotatable bonds is 4. The third kappa shape index (κ3) is 4.31. The van der Waals surface area contributed by atoms with Gasteiger partial charge in [-0.25, -0.2) is 0 Å². The molecule has 0 fully saturated rings. The van der Waals surface area contributed by atoms with Crippen molar-refractivity contribution >= 4 is 43.6 Å². The van der Waals surface area contributed by atoms with Crippen LogP contribution in [-0.4, -0.2) is 9.13 Å². The molecule has 50 heavy (non-hydrogen) atoms. The van der Waals surface area contributed by atoms with Crippen LogP contribution < -0.4 is 0 Å². The van der Waals surface area contributed by atoms with Crippen LogP contribution in [0.15, 0.2) is 152 Å². The van der Waals surface area contributed by atoms with Crippen LogP contribution >= 0.6 is 0 Å². The van der Waals surface area contributed by atoms with Crippen molar-refractivity contribution in [2.45, 2.75) is 0 Å². The van der Waals surface area contributed by atoms with Gasteiger partial charge < -0.3 is 9.13 Å². The van der Waals surface area contributed by atoms with Gasteiger partial charge in [0.05, 0.1) is 62.3 Å². The normalized spacial score (nSPS) is 11.1. The highest BCUT2D eigenvalue weighted by Crippen LogP contribution is 2.40. The fourth-order valence-electron chi connectivity index (χ4n) is 7.48. The number of benzene rings is 7. The minimum Gasteiger partial charge on any atom is -0.309 e. The second-order valence-corrected chi connectivity index (χ2v) is 12.3. The first-order valence-electron chi connectivity index (χ1n) is 16.3. The van der Waals surface area contributed by atoms with Crippen molar-refractivity contribution in [2.75, 3.05) is 0 Å². The minimum atomic E-state index is 0.499. The van der Waals surface area contributed by atoms with Gasteiger partial charge in [-0.2, -0.15) is 15.8 Å². The average Bonchev–Trinajstić information content (AvgIpc) is 3.69. The third-order valence-corrected chi connectivity index (χ3v) is 9.61. The number of aromatic nitrogens is 2. The van der Waals surface area contributed by atoms with Gasteiger partial charge in [0, 0.05) is 32.7 Å². The molecular weight excluding hydrogens is 611 g/mol. The molecule has 0 aliphatic carbocycles. The molecule has 230 valence electrons. The molecule has 0 spiro atoms. The molecule has 2 aromatic heterocycles. The molecule has 0 saturated carbocycles. The van der Waals surface area contributed by atoms with Crippen LogP contribution in [0.4, 0.5) is 0 Å². The molecule has 5 heteroatoms. The van der Waals surface area contributed by atoms with E-state index in [0.717, 1.165) is 77.2 Å². The molecule has 0 radical (unpaired) electrons. The van der Waals surface area contributed by atoms with Crippen molar-refractivity contribution in [2.24, 2.45) is 0 Å². The summed E-state index contributed by atoms with van der Waals surface area (Å²) < 4.78 is 4.39. The van der Waals surface area contributed by atoms with Crippen LogP contribution in [0.25, 0.3) is 77.2 Å². The second-order valence-electron chi connectivity index (χ2n) is 12.3. The summed E-state index contributed by atoms with van der Waals surface area (Å²) in [6.45, 7) is 0. The monoisotopic (exact) mass is 635 g/mol. The molecule has 5 nitrogen and oxygen atoms in total. The number of para-hydroxylation sites is 4. The van der Waals surface area contributed by atoms with Gasteiger partial charge in [-0.15, -0.1) is 0 Å². The molecule has 9 aromatic rings. The van der Waals surface area contributed by atoms with Crippen LogP contribution in [0.1, 0.15) is 16.7 Å². The fourth-order valence-corrected chi connectivity index (χ4v) is 7.48. The highest BCUT2D eigenvalue weighted by molar-refractivity contribution is 6.11. The third-order valence-electron chi connectivity index (χ3n) is 9.61. The van der Waals surface area contributed by atoms with Crippen molar-refractivity contribution in [3.05, 3.63) is 168 Å². The molecule has 7 aromatic carbocycles. The molecule has 0 amide bonds. The Labute approximate surface area is 287 Å². The van der Waals surface area contributed by atoms with E-state index in [1.54, 1.807) is 0 Å². The highest BCUT2D eigenvalue weighted by atomic mass is 15.0. The smallest absolute Gasteiger partial charge is 0.102 e. The first-order valence-corrected chi connectivity index (χ1v) is 16.3. The van der Waals surface area contributed by atoms with Crippen LogP contribution in [0.3, 0.4) is 0 Å². The lowest BCUT2D eigenvalue weighted by molar-refractivity contribution is 1.17. The van der Waals surface area contributed by atoms with E-state index in [-0.39, 0.29) is 0 Å². The van der Waals surface area contributed by atoms with Gasteiger partial charge in [0.2, 0.25) is 0 Å². The number of hydrogen-bond donors (Lipinski definition) is 0. The fraction of sp³-hybridized carbons (Fsp3) is 0. The van der Waals surface area contributed by atoms with Gasteiger partial charge in [0.1, 0.15) is 6.07 Å². The van der Waals surface area contributed by atoms with Crippen LogP contribution in [0.2, 0.25) is 0 Å². The molecule has 0 aliphatic heterocycles. The Hall–Kier alpha value is -7.39. The van der Waals surface area contributed by atoms with Crippen LogP contribution in [0, 0.1) is 34.0 Å². The summed E-state index contributed by atoms with van der Waals surface area (Å²) >= 11 is 0. The molecule has 0 bridgehead atoms. The Morgan fingerprint density at radius 3 is 1.50 bits per heavy atom. The van der Waals surface area contributed by atoms with E-state index < -0.39 is 0 Å². The summed E-state index contributed by atoms with van der Waals surface area (Å²) in [6, 6.07) is 57.7. The second kappa shape index (κ2) is 11.4. The van der Waals surface area contributed by atoms with E-state index in [0.29, 0.717) is 16.7 Å². The predicted octanol–water partition coefficient (Wildman–Crippen LogP) is 10.8. The van der Waals surface area contributed by atoms with Gasteiger partial charge in [-0.3, -0.25) is 0 Å². The quantitative estimate of drug-likeness (QED) is 0.193. The number of hydrogen-bond acceptors (Lipinski definition) is 3. The zero-order valence-corrected chi connectivity index (χ0v) is 26.7. The minimum absolute atomic E-state index is 0.499. The predicted molar refractivity (Wildman–Crippen MR) is 200 cm³/mol. The van der Waals surface area contributed by atoms with E-state index >= 15 is 0 Å². The first kappa shape index (κ1) is 28.8. The maximum absolute atomic E-state index is 10.8. The van der Waals surface area contributed by atoms with Crippen molar-refractivity contribution in [3.63, 3.8) is 0 Å². The van der Waals surface area contributed by atoms with Gasteiger partial charge in [0.25, 0.3) is 0 Å². The van der Waals surface area contributed by atoms with E-state index in [9.17, 15) is 15.8 Å². The molecule has 0 atom stereocenters. The van der Waals surface area contributed by atoms with Crippen LogP contribution in [0.5, 0.6) is 0 Å². The zero-order valence-electron chi connectivity index (χ0n) is 26.7. The molecular formula is C45H25N5. The lowest BCUT2D eigenvalue weighted by Gasteiger charge is -2.17. The van der Waals surface area contributed by atoms with Gasteiger partial charge in [0.15, 0.2) is 0 Å². The standard InChI is InChI=1S/C45H25N5/c46-26-29-20-21-45-38(24-29)37-13-4-8-18-43(37)49(45)40-15-5-1-10-34(40)32-23-30(27-47)22-31(25-32)33-14-9-19-44(39(33)28-48)50-41-16-6-2-11-35(41)36-12-3-7-17-42(36)50/h1-25H. The summed E-state index contributed by atoms with van der Waals surface area (Å²) in [7, 11) is 0. The van der Waals surface area contributed by atoms with Crippen molar-refractivity contribution in [3.8, 4) is 51.8 Å². The Kier molecular flexibility index (Phi) is 6.56. The van der Waals surface area contributed by atoms with E-state index in [2.05, 4.69) is 81.9 Å². The largest absolute Gasteiger partial charge is 0.309 e. The molecule has 0 N–H and O–H groups in total. The maximum Gasteiger partial charge on any atom is 0.102 e. The highest BCUT2D eigenvalue weighted by Gasteiger charge is 2.20. The Balaban J connectivity index is 1.27.